The molecule has 1 saturated carbocycles. The van der Waals surface area contributed by atoms with Crippen molar-refractivity contribution in [1.82, 2.24) is 10.2 Å². The van der Waals surface area contributed by atoms with Gasteiger partial charge < -0.3 is 10.4 Å². The first-order valence-corrected chi connectivity index (χ1v) is 6.37. The van der Waals surface area contributed by atoms with Gasteiger partial charge in [0.15, 0.2) is 0 Å². The molecule has 2 N–H and O–H groups in total. The Kier molecular flexibility index (Phi) is 4.00. The number of nitrogens with zero attached hydrogens (tertiary/aromatic N) is 1. The maximum Gasteiger partial charge on any atom is 0.0460 e. The fourth-order valence-electron chi connectivity index (χ4n) is 3.18. The minimum absolute atomic E-state index is 0.383. The first kappa shape index (κ1) is 11.4. The van der Waals surface area contributed by atoms with Gasteiger partial charge in [-0.2, -0.15) is 0 Å². The van der Waals surface area contributed by atoms with Crippen molar-refractivity contribution < 1.29 is 5.11 Å². The van der Waals surface area contributed by atoms with Gasteiger partial charge in [0, 0.05) is 18.7 Å². The van der Waals surface area contributed by atoms with Crippen molar-refractivity contribution >= 4 is 0 Å². The number of aliphatic hydroxyl groups excluding tert-OH is 1. The molecule has 0 aromatic carbocycles. The van der Waals surface area contributed by atoms with E-state index in [9.17, 15) is 0 Å². The third-order valence-corrected chi connectivity index (χ3v) is 4.23. The minimum atomic E-state index is 0.383. The molecule has 2 fully saturated rings. The molecule has 0 aromatic rings. The van der Waals surface area contributed by atoms with E-state index in [1.54, 1.807) is 0 Å². The lowest BCUT2D eigenvalue weighted by Crippen LogP contribution is -2.49. The fraction of sp³-hybridized carbons (Fsp3) is 1.00. The molecule has 1 heterocycles. The van der Waals surface area contributed by atoms with Gasteiger partial charge in [0.1, 0.15) is 0 Å². The van der Waals surface area contributed by atoms with Crippen LogP contribution in [-0.2, 0) is 0 Å². The molecule has 2 aliphatic rings. The van der Waals surface area contributed by atoms with Crippen molar-refractivity contribution in [2.24, 2.45) is 5.92 Å². The molecule has 1 aliphatic carbocycles. The molecule has 0 spiro atoms. The van der Waals surface area contributed by atoms with Gasteiger partial charge in [0.05, 0.1) is 0 Å². The third kappa shape index (κ3) is 2.52. The zero-order chi connectivity index (χ0) is 10.7. The van der Waals surface area contributed by atoms with Crippen LogP contribution < -0.4 is 5.32 Å². The molecule has 1 aliphatic heterocycles. The van der Waals surface area contributed by atoms with Crippen LogP contribution in [-0.4, -0.2) is 48.8 Å². The monoisotopic (exact) mass is 212 g/mol. The van der Waals surface area contributed by atoms with E-state index in [1.807, 2.05) is 0 Å². The zero-order valence-electron chi connectivity index (χ0n) is 9.78. The van der Waals surface area contributed by atoms with Crippen LogP contribution in [0.2, 0.25) is 0 Å². The van der Waals surface area contributed by atoms with Crippen molar-refractivity contribution in [1.29, 1.82) is 0 Å². The molecule has 1 saturated heterocycles. The molecule has 0 amide bonds. The summed E-state index contributed by atoms with van der Waals surface area (Å²) in [6, 6.07) is 1.46. The Morgan fingerprint density at radius 2 is 1.93 bits per heavy atom. The van der Waals surface area contributed by atoms with Crippen molar-refractivity contribution in [3.8, 4) is 0 Å². The molecular formula is C12H24N2O. The highest BCUT2D eigenvalue weighted by Gasteiger charge is 2.32. The Morgan fingerprint density at radius 1 is 1.20 bits per heavy atom. The zero-order valence-corrected chi connectivity index (χ0v) is 9.78. The maximum atomic E-state index is 9.11. The van der Waals surface area contributed by atoms with Gasteiger partial charge in [0.2, 0.25) is 0 Å². The molecular weight excluding hydrogens is 188 g/mol. The van der Waals surface area contributed by atoms with Crippen molar-refractivity contribution in [2.75, 3.05) is 26.7 Å². The Hall–Kier alpha value is -0.120. The van der Waals surface area contributed by atoms with Crippen LogP contribution in [0.25, 0.3) is 0 Å². The van der Waals surface area contributed by atoms with E-state index in [-0.39, 0.29) is 0 Å². The Labute approximate surface area is 92.8 Å². The number of rotatable bonds is 3. The number of aliphatic hydroxyl groups is 1. The average Bonchev–Trinajstić information content (AvgIpc) is 2.77. The van der Waals surface area contributed by atoms with Crippen LogP contribution in [0.3, 0.4) is 0 Å². The Balaban J connectivity index is 1.84. The van der Waals surface area contributed by atoms with Crippen LogP contribution in [0, 0.1) is 5.92 Å². The van der Waals surface area contributed by atoms with Crippen LogP contribution in [0.5, 0.6) is 0 Å². The Bertz CT molecular complexity index is 190. The normalized spacial score (nSPS) is 34.8. The van der Waals surface area contributed by atoms with Crippen LogP contribution >= 0.6 is 0 Å². The lowest BCUT2D eigenvalue weighted by Gasteiger charge is -2.38. The molecule has 3 heteroatoms. The highest BCUT2D eigenvalue weighted by atomic mass is 16.3. The first-order chi connectivity index (χ1) is 7.35. The molecule has 88 valence electrons. The van der Waals surface area contributed by atoms with E-state index in [0.717, 1.165) is 6.04 Å². The Morgan fingerprint density at radius 3 is 2.53 bits per heavy atom. The van der Waals surface area contributed by atoms with Crippen molar-refractivity contribution in [2.45, 2.75) is 44.2 Å². The fourth-order valence-corrected chi connectivity index (χ4v) is 3.18. The van der Waals surface area contributed by atoms with Gasteiger partial charge in [-0.15, -0.1) is 0 Å². The molecule has 0 radical (unpaired) electrons. The summed E-state index contributed by atoms with van der Waals surface area (Å²) in [6.45, 7) is 2.76. The summed E-state index contributed by atoms with van der Waals surface area (Å²) < 4.78 is 0. The topological polar surface area (TPSA) is 35.5 Å². The van der Waals surface area contributed by atoms with Crippen molar-refractivity contribution in [3.05, 3.63) is 0 Å². The predicted molar refractivity (Wildman–Crippen MR) is 61.9 cm³/mol. The summed E-state index contributed by atoms with van der Waals surface area (Å²) in [5, 5.41) is 12.6. The second kappa shape index (κ2) is 5.28. The van der Waals surface area contributed by atoms with E-state index < -0.39 is 0 Å². The van der Waals surface area contributed by atoms with E-state index in [0.29, 0.717) is 18.6 Å². The average molecular weight is 212 g/mol. The first-order valence-electron chi connectivity index (χ1n) is 6.37. The maximum absolute atomic E-state index is 9.11. The number of hydrogen-bond acceptors (Lipinski definition) is 3. The third-order valence-electron chi connectivity index (χ3n) is 4.23. The number of hydrogen-bond donors (Lipinski definition) is 2. The van der Waals surface area contributed by atoms with E-state index in [1.165, 1.54) is 45.2 Å². The lowest BCUT2D eigenvalue weighted by molar-refractivity contribution is 0.0924. The van der Waals surface area contributed by atoms with Crippen LogP contribution in [0.4, 0.5) is 0 Å². The molecule has 0 aromatic heterocycles. The molecule has 2 atom stereocenters. The van der Waals surface area contributed by atoms with E-state index in [2.05, 4.69) is 17.3 Å². The summed E-state index contributed by atoms with van der Waals surface area (Å²) in [5.41, 5.74) is 0. The molecule has 15 heavy (non-hydrogen) atoms. The molecule has 2 rings (SSSR count). The summed E-state index contributed by atoms with van der Waals surface area (Å²) in [5.74, 6) is 0.565. The minimum Gasteiger partial charge on any atom is -0.396 e. The summed E-state index contributed by atoms with van der Waals surface area (Å²) in [6.07, 6.45) is 6.43. The number of likely N-dealkylation sites (N-methyl/N-ethyl adjacent to an activating group) is 1. The van der Waals surface area contributed by atoms with Crippen molar-refractivity contribution in [3.63, 3.8) is 0 Å². The van der Waals surface area contributed by atoms with Crippen LogP contribution in [0.15, 0.2) is 0 Å². The second-order valence-electron chi connectivity index (χ2n) is 5.06. The quantitative estimate of drug-likeness (QED) is 0.727. The standard InChI is InChI=1S/C12H24N2O/c1-13-11-3-2-4-12(11)14-7-5-10(9-15)6-8-14/h10-13,15H,2-9H2,1H3. The van der Waals surface area contributed by atoms with Gasteiger partial charge in [-0.3, -0.25) is 4.90 Å². The number of piperidine rings is 1. The second-order valence-corrected chi connectivity index (χ2v) is 5.06. The number of likely N-dealkylation sites (tertiary alicyclic amines) is 1. The number of nitrogens with one attached hydrogen (secondary N) is 1. The van der Waals surface area contributed by atoms with Crippen LogP contribution in [0.1, 0.15) is 32.1 Å². The predicted octanol–water partition coefficient (Wildman–Crippen LogP) is 0.831. The molecule has 3 nitrogen and oxygen atoms in total. The van der Waals surface area contributed by atoms with Gasteiger partial charge in [-0.1, -0.05) is 6.42 Å². The highest BCUT2D eigenvalue weighted by Crippen LogP contribution is 2.27. The molecule has 2 unspecified atom stereocenters. The highest BCUT2D eigenvalue weighted by molar-refractivity contribution is 4.91. The lowest BCUT2D eigenvalue weighted by atomic mass is 9.96. The summed E-state index contributed by atoms with van der Waals surface area (Å²) in [7, 11) is 2.09. The van der Waals surface area contributed by atoms with E-state index in [4.69, 9.17) is 5.11 Å². The smallest absolute Gasteiger partial charge is 0.0460 e. The summed E-state index contributed by atoms with van der Waals surface area (Å²) >= 11 is 0. The van der Waals surface area contributed by atoms with Gasteiger partial charge in [-0.25, -0.2) is 0 Å². The van der Waals surface area contributed by atoms with Gasteiger partial charge in [-0.05, 0) is 51.7 Å². The van der Waals surface area contributed by atoms with E-state index >= 15 is 0 Å². The van der Waals surface area contributed by atoms with Gasteiger partial charge in [0.25, 0.3) is 0 Å². The summed E-state index contributed by atoms with van der Waals surface area (Å²) in [4.78, 5) is 2.64. The molecule has 0 bridgehead atoms. The van der Waals surface area contributed by atoms with Gasteiger partial charge >= 0.3 is 0 Å². The largest absolute Gasteiger partial charge is 0.396 e. The SMILES string of the molecule is CNC1CCCC1N1CCC(CO)CC1.